The van der Waals surface area contributed by atoms with E-state index in [1.807, 2.05) is 19.1 Å². The molecule has 2 heterocycles. The van der Waals surface area contributed by atoms with E-state index < -0.39 is 0 Å². The SMILES string of the molecule is Cc1ccc(OCCn2ncc(N3CCCC3)cc2=O)c(C)c1. The molecule has 3 rings (SSSR count). The first-order chi connectivity index (χ1) is 11.1. The summed E-state index contributed by atoms with van der Waals surface area (Å²) in [5.41, 5.74) is 3.18. The van der Waals surface area contributed by atoms with E-state index >= 15 is 0 Å². The van der Waals surface area contributed by atoms with Crippen molar-refractivity contribution in [1.29, 1.82) is 0 Å². The molecule has 0 aliphatic carbocycles. The molecule has 0 amide bonds. The zero-order chi connectivity index (χ0) is 16.2. The van der Waals surface area contributed by atoms with Gasteiger partial charge in [0.15, 0.2) is 0 Å². The molecular formula is C18H23N3O2. The maximum atomic E-state index is 12.2. The molecule has 1 aliphatic rings. The molecule has 0 atom stereocenters. The normalized spacial score (nSPS) is 14.3. The Morgan fingerprint density at radius 2 is 1.96 bits per heavy atom. The van der Waals surface area contributed by atoms with Gasteiger partial charge in [-0.15, -0.1) is 0 Å². The lowest BCUT2D eigenvalue weighted by atomic mass is 10.1. The molecule has 0 saturated carbocycles. The number of nitrogens with zero attached hydrogens (tertiary/aromatic N) is 3. The van der Waals surface area contributed by atoms with E-state index in [-0.39, 0.29) is 5.56 Å². The number of rotatable bonds is 5. The third-order valence-corrected chi connectivity index (χ3v) is 4.22. The number of anilines is 1. The molecule has 0 radical (unpaired) electrons. The quantitative estimate of drug-likeness (QED) is 0.851. The fraction of sp³-hybridized carbons (Fsp3) is 0.444. The molecule has 0 bridgehead atoms. The van der Waals surface area contributed by atoms with Gasteiger partial charge in [0.25, 0.3) is 5.56 Å². The fourth-order valence-electron chi connectivity index (χ4n) is 2.94. The van der Waals surface area contributed by atoms with E-state index in [0.29, 0.717) is 13.2 Å². The Labute approximate surface area is 136 Å². The fourth-order valence-corrected chi connectivity index (χ4v) is 2.94. The van der Waals surface area contributed by atoms with Crippen LogP contribution in [0.4, 0.5) is 5.69 Å². The number of benzene rings is 1. The molecule has 0 N–H and O–H groups in total. The predicted octanol–water partition coefficient (Wildman–Crippen LogP) is 2.54. The van der Waals surface area contributed by atoms with Gasteiger partial charge in [0, 0.05) is 19.2 Å². The van der Waals surface area contributed by atoms with Crippen molar-refractivity contribution in [3.63, 3.8) is 0 Å². The molecule has 1 aromatic heterocycles. The number of ether oxygens (including phenoxy) is 1. The summed E-state index contributed by atoms with van der Waals surface area (Å²) in [5, 5.41) is 4.27. The number of aryl methyl sites for hydroxylation is 2. The van der Waals surface area contributed by atoms with Crippen molar-refractivity contribution in [1.82, 2.24) is 9.78 Å². The standard InChI is InChI=1S/C18H23N3O2/c1-14-5-6-17(15(2)11-14)23-10-9-21-18(22)12-16(13-19-21)20-7-3-4-8-20/h5-6,11-13H,3-4,7-10H2,1-2H3. The first-order valence-corrected chi connectivity index (χ1v) is 8.16. The summed E-state index contributed by atoms with van der Waals surface area (Å²) in [4.78, 5) is 14.4. The second-order valence-corrected chi connectivity index (χ2v) is 6.09. The van der Waals surface area contributed by atoms with Gasteiger partial charge in [0.1, 0.15) is 12.4 Å². The Bertz CT molecular complexity index is 733. The van der Waals surface area contributed by atoms with Gasteiger partial charge in [-0.2, -0.15) is 5.10 Å². The number of hydrogen-bond acceptors (Lipinski definition) is 4. The molecule has 0 spiro atoms. The molecular weight excluding hydrogens is 290 g/mol. The van der Waals surface area contributed by atoms with Gasteiger partial charge in [0.05, 0.1) is 18.4 Å². The van der Waals surface area contributed by atoms with Crippen molar-refractivity contribution in [3.05, 3.63) is 51.9 Å². The van der Waals surface area contributed by atoms with E-state index in [0.717, 1.165) is 30.1 Å². The van der Waals surface area contributed by atoms with Crippen molar-refractivity contribution in [3.8, 4) is 5.75 Å². The highest BCUT2D eigenvalue weighted by Crippen LogP contribution is 2.19. The van der Waals surface area contributed by atoms with Crippen LogP contribution in [0.15, 0.2) is 35.3 Å². The summed E-state index contributed by atoms with van der Waals surface area (Å²) in [6, 6.07) is 7.76. The highest BCUT2D eigenvalue weighted by Gasteiger charge is 2.13. The Kier molecular flexibility index (Phi) is 4.65. The summed E-state index contributed by atoms with van der Waals surface area (Å²) >= 11 is 0. The molecule has 1 fully saturated rings. The van der Waals surface area contributed by atoms with Gasteiger partial charge in [-0.3, -0.25) is 4.79 Å². The molecule has 122 valence electrons. The van der Waals surface area contributed by atoms with E-state index in [1.54, 1.807) is 12.3 Å². The third-order valence-electron chi connectivity index (χ3n) is 4.22. The van der Waals surface area contributed by atoms with Crippen LogP contribution >= 0.6 is 0 Å². The van der Waals surface area contributed by atoms with Crippen LogP contribution < -0.4 is 15.2 Å². The molecule has 1 saturated heterocycles. The Morgan fingerprint density at radius 3 is 2.65 bits per heavy atom. The largest absolute Gasteiger partial charge is 0.491 e. The van der Waals surface area contributed by atoms with Crippen LogP contribution in [0, 0.1) is 13.8 Å². The molecule has 2 aromatic rings. The van der Waals surface area contributed by atoms with E-state index in [9.17, 15) is 4.79 Å². The van der Waals surface area contributed by atoms with Crippen molar-refractivity contribution in [2.75, 3.05) is 24.6 Å². The second kappa shape index (κ2) is 6.86. The lowest BCUT2D eigenvalue weighted by Gasteiger charge is -2.17. The second-order valence-electron chi connectivity index (χ2n) is 6.09. The minimum absolute atomic E-state index is 0.0707. The van der Waals surface area contributed by atoms with Gasteiger partial charge in [-0.05, 0) is 38.3 Å². The van der Waals surface area contributed by atoms with Crippen LogP contribution in [-0.2, 0) is 6.54 Å². The van der Waals surface area contributed by atoms with Gasteiger partial charge in [-0.1, -0.05) is 17.7 Å². The molecule has 1 aromatic carbocycles. The lowest BCUT2D eigenvalue weighted by Crippen LogP contribution is -2.27. The Morgan fingerprint density at radius 1 is 1.17 bits per heavy atom. The summed E-state index contributed by atoms with van der Waals surface area (Å²) in [5.74, 6) is 0.859. The first kappa shape index (κ1) is 15.6. The molecule has 0 unspecified atom stereocenters. The van der Waals surface area contributed by atoms with Gasteiger partial charge >= 0.3 is 0 Å². The van der Waals surface area contributed by atoms with Crippen LogP contribution in [0.5, 0.6) is 5.75 Å². The maximum Gasteiger partial charge on any atom is 0.268 e. The zero-order valence-electron chi connectivity index (χ0n) is 13.8. The number of hydrogen-bond donors (Lipinski definition) is 0. The van der Waals surface area contributed by atoms with Gasteiger partial charge < -0.3 is 9.64 Å². The van der Waals surface area contributed by atoms with E-state index in [4.69, 9.17) is 4.74 Å². The molecule has 5 heteroatoms. The van der Waals surface area contributed by atoms with Crippen LogP contribution in [0.25, 0.3) is 0 Å². The number of aromatic nitrogens is 2. The van der Waals surface area contributed by atoms with Crippen molar-refractivity contribution < 1.29 is 4.74 Å². The Hall–Kier alpha value is -2.30. The van der Waals surface area contributed by atoms with E-state index in [2.05, 4.69) is 23.0 Å². The average Bonchev–Trinajstić information content (AvgIpc) is 3.05. The maximum absolute atomic E-state index is 12.2. The third kappa shape index (κ3) is 3.73. The highest BCUT2D eigenvalue weighted by atomic mass is 16.5. The zero-order valence-corrected chi connectivity index (χ0v) is 13.8. The first-order valence-electron chi connectivity index (χ1n) is 8.16. The lowest BCUT2D eigenvalue weighted by molar-refractivity contribution is 0.286. The minimum Gasteiger partial charge on any atom is -0.491 e. The van der Waals surface area contributed by atoms with Gasteiger partial charge in [-0.25, -0.2) is 4.68 Å². The molecule has 1 aliphatic heterocycles. The summed E-state index contributed by atoms with van der Waals surface area (Å²) in [6.07, 6.45) is 4.16. The van der Waals surface area contributed by atoms with Crippen LogP contribution in [0.1, 0.15) is 24.0 Å². The molecule has 23 heavy (non-hydrogen) atoms. The summed E-state index contributed by atoms with van der Waals surface area (Å²) in [7, 11) is 0. The molecule has 5 nitrogen and oxygen atoms in total. The highest BCUT2D eigenvalue weighted by molar-refractivity contribution is 5.43. The summed E-state index contributed by atoms with van der Waals surface area (Å²) < 4.78 is 7.23. The van der Waals surface area contributed by atoms with Crippen molar-refractivity contribution in [2.45, 2.75) is 33.2 Å². The van der Waals surface area contributed by atoms with Gasteiger partial charge in [0.2, 0.25) is 0 Å². The van der Waals surface area contributed by atoms with Crippen molar-refractivity contribution in [2.24, 2.45) is 0 Å². The van der Waals surface area contributed by atoms with Crippen LogP contribution in [0.3, 0.4) is 0 Å². The topological polar surface area (TPSA) is 47.4 Å². The average molecular weight is 313 g/mol. The van der Waals surface area contributed by atoms with Crippen LogP contribution in [0.2, 0.25) is 0 Å². The van der Waals surface area contributed by atoms with E-state index in [1.165, 1.54) is 23.1 Å². The van der Waals surface area contributed by atoms with Crippen LogP contribution in [-0.4, -0.2) is 29.5 Å². The monoisotopic (exact) mass is 313 g/mol. The Balaban J connectivity index is 1.61. The smallest absolute Gasteiger partial charge is 0.268 e. The summed E-state index contributed by atoms with van der Waals surface area (Å²) in [6.45, 7) is 6.99. The van der Waals surface area contributed by atoms with Crippen molar-refractivity contribution >= 4 is 5.69 Å². The minimum atomic E-state index is -0.0707. The predicted molar refractivity (Wildman–Crippen MR) is 91.4 cm³/mol.